The number of amides is 1. The molecule has 0 bridgehead atoms. The first-order valence-corrected chi connectivity index (χ1v) is 6.38. The van der Waals surface area contributed by atoms with E-state index in [0.717, 1.165) is 17.9 Å². The molecule has 0 spiro atoms. The van der Waals surface area contributed by atoms with Gasteiger partial charge in [-0.3, -0.25) is 4.79 Å². The van der Waals surface area contributed by atoms with Crippen LogP contribution < -0.4 is 15.8 Å². The smallest absolute Gasteiger partial charge is 0.224 e. The highest BCUT2D eigenvalue weighted by atomic mass is 16.5. The first-order valence-electron chi connectivity index (χ1n) is 6.38. The number of rotatable bonds is 7. The van der Waals surface area contributed by atoms with E-state index in [-0.39, 0.29) is 5.91 Å². The van der Waals surface area contributed by atoms with Crippen molar-refractivity contribution in [1.29, 1.82) is 0 Å². The summed E-state index contributed by atoms with van der Waals surface area (Å²) < 4.78 is 5.33. The van der Waals surface area contributed by atoms with Gasteiger partial charge in [-0.25, -0.2) is 0 Å². The Balaban J connectivity index is 2.39. The number of anilines is 1. The van der Waals surface area contributed by atoms with Crippen molar-refractivity contribution >= 4 is 11.6 Å². The zero-order chi connectivity index (χ0) is 13.4. The highest BCUT2D eigenvalue weighted by Gasteiger charge is 2.05. The summed E-state index contributed by atoms with van der Waals surface area (Å²) in [4.78, 5) is 11.7. The van der Waals surface area contributed by atoms with E-state index in [1.165, 1.54) is 0 Å². The average Bonchev–Trinajstić information content (AvgIpc) is 2.38. The topological polar surface area (TPSA) is 64.3 Å². The van der Waals surface area contributed by atoms with Crippen LogP contribution in [0.1, 0.15) is 26.7 Å². The molecule has 4 nitrogen and oxygen atoms in total. The third-order valence-corrected chi connectivity index (χ3v) is 2.72. The zero-order valence-corrected chi connectivity index (χ0v) is 11.1. The highest BCUT2D eigenvalue weighted by Crippen LogP contribution is 2.16. The fraction of sp³-hybridized carbons (Fsp3) is 0.500. The maximum atomic E-state index is 11.7. The number of nitrogens with one attached hydrogen (secondary N) is 1. The van der Waals surface area contributed by atoms with Crippen molar-refractivity contribution in [2.45, 2.75) is 26.7 Å². The average molecular weight is 250 g/mol. The second-order valence-electron chi connectivity index (χ2n) is 4.39. The predicted octanol–water partition coefficient (Wildman–Crippen LogP) is 2.40. The fourth-order valence-corrected chi connectivity index (χ4v) is 1.52. The lowest BCUT2D eigenvalue weighted by molar-refractivity contribution is -0.116. The highest BCUT2D eigenvalue weighted by molar-refractivity contribution is 5.90. The summed E-state index contributed by atoms with van der Waals surface area (Å²) in [7, 11) is 0. The standard InChI is InChI=1S/C14H22N2O2/c1-3-18-13-7-5-12(6-8-13)16-14(17)9-4-11(2)10-15/h5-8,11H,3-4,9-10,15H2,1-2H3,(H,16,17). The Labute approximate surface area is 109 Å². The van der Waals surface area contributed by atoms with Gasteiger partial charge in [-0.05, 0) is 50.1 Å². The summed E-state index contributed by atoms with van der Waals surface area (Å²) in [6.07, 6.45) is 1.32. The predicted molar refractivity (Wildman–Crippen MR) is 73.7 cm³/mol. The molecule has 4 heteroatoms. The van der Waals surface area contributed by atoms with Crippen LogP contribution in [-0.4, -0.2) is 19.1 Å². The number of hydrogen-bond acceptors (Lipinski definition) is 3. The molecule has 0 aliphatic rings. The van der Waals surface area contributed by atoms with Crippen LogP contribution in [0.25, 0.3) is 0 Å². The lowest BCUT2D eigenvalue weighted by atomic mass is 10.1. The number of carbonyl (C=O) groups is 1. The monoisotopic (exact) mass is 250 g/mol. The molecule has 1 atom stereocenters. The number of hydrogen-bond donors (Lipinski definition) is 2. The minimum absolute atomic E-state index is 0.0273. The molecule has 0 radical (unpaired) electrons. The Morgan fingerprint density at radius 1 is 1.39 bits per heavy atom. The Bertz CT molecular complexity index is 363. The molecule has 0 aromatic heterocycles. The van der Waals surface area contributed by atoms with Crippen molar-refractivity contribution in [3.63, 3.8) is 0 Å². The van der Waals surface area contributed by atoms with Gasteiger partial charge in [-0.1, -0.05) is 6.92 Å². The van der Waals surface area contributed by atoms with Gasteiger partial charge in [0.2, 0.25) is 5.91 Å². The van der Waals surface area contributed by atoms with Gasteiger partial charge in [-0.15, -0.1) is 0 Å². The van der Waals surface area contributed by atoms with Crippen LogP contribution in [0.5, 0.6) is 5.75 Å². The summed E-state index contributed by atoms with van der Waals surface area (Å²) >= 11 is 0. The van der Waals surface area contributed by atoms with Gasteiger partial charge in [0, 0.05) is 12.1 Å². The molecule has 0 saturated heterocycles. The Morgan fingerprint density at radius 3 is 2.61 bits per heavy atom. The van der Waals surface area contributed by atoms with E-state index in [4.69, 9.17) is 10.5 Å². The van der Waals surface area contributed by atoms with Crippen LogP contribution >= 0.6 is 0 Å². The maximum Gasteiger partial charge on any atom is 0.224 e. The lowest BCUT2D eigenvalue weighted by Crippen LogP contribution is -2.16. The second-order valence-corrected chi connectivity index (χ2v) is 4.39. The Kier molecular flexibility index (Phi) is 6.22. The van der Waals surface area contributed by atoms with Crippen LogP contribution in [0.2, 0.25) is 0 Å². The Hall–Kier alpha value is -1.55. The maximum absolute atomic E-state index is 11.7. The molecule has 1 amide bonds. The quantitative estimate of drug-likeness (QED) is 0.781. The molecule has 1 rings (SSSR count). The molecule has 1 aromatic rings. The van der Waals surface area contributed by atoms with Crippen molar-refractivity contribution in [3.8, 4) is 5.75 Å². The third kappa shape index (κ3) is 5.19. The van der Waals surface area contributed by atoms with Gasteiger partial charge in [0.15, 0.2) is 0 Å². The fourth-order valence-electron chi connectivity index (χ4n) is 1.52. The molecule has 3 N–H and O–H groups in total. The molecular formula is C14H22N2O2. The minimum atomic E-state index is 0.0273. The van der Waals surface area contributed by atoms with E-state index >= 15 is 0 Å². The van der Waals surface area contributed by atoms with Crippen molar-refractivity contribution < 1.29 is 9.53 Å². The van der Waals surface area contributed by atoms with Crippen LogP contribution in [0.4, 0.5) is 5.69 Å². The van der Waals surface area contributed by atoms with Gasteiger partial charge in [0.05, 0.1) is 6.61 Å². The first-order chi connectivity index (χ1) is 8.65. The molecule has 18 heavy (non-hydrogen) atoms. The number of carbonyl (C=O) groups excluding carboxylic acids is 1. The van der Waals surface area contributed by atoms with Gasteiger partial charge < -0.3 is 15.8 Å². The van der Waals surface area contributed by atoms with Gasteiger partial charge >= 0.3 is 0 Å². The van der Waals surface area contributed by atoms with Crippen LogP contribution in [0.15, 0.2) is 24.3 Å². The van der Waals surface area contributed by atoms with Gasteiger partial charge in [-0.2, -0.15) is 0 Å². The van der Waals surface area contributed by atoms with E-state index in [1.54, 1.807) is 0 Å². The van der Waals surface area contributed by atoms with Crippen molar-refractivity contribution in [3.05, 3.63) is 24.3 Å². The van der Waals surface area contributed by atoms with E-state index in [0.29, 0.717) is 25.5 Å². The zero-order valence-electron chi connectivity index (χ0n) is 11.1. The van der Waals surface area contributed by atoms with E-state index in [9.17, 15) is 4.79 Å². The molecule has 0 aliphatic carbocycles. The molecule has 0 aliphatic heterocycles. The summed E-state index contributed by atoms with van der Waals surface area (Å²) in [5.74, 6) is 1.22. The SMILES string of the molecule is CCOc1ccc(NC(=O)CCC(C)CN)cc1. The summed E-state index contributed by atoms with van der Waals surface area (Å²) in [5, 5.41) is 2.86. The van der Waals surface area contributed by atoms with Crippen molar-refractivity contribution in [2.24, 2.45) is 11.7 Å². The lowest BCUT2D eigenvalue weighted by Gasteiger charge is -2.09. The molecule has 0 saturated carbocycles. The van der Waals surface area contributed by atoms with Crippen LogP contribution in [-0.2, 0) is 4.79 Å². The molecule has 0 heterocycles. The molecular weight excluding hydrogens is 228 g/mol. The Morgan fingerprint density at radius 2 is 2.06 bits per heavy atom. The molecule has 100 valence electrons. The summed E-state index contributed by atoms with van der Waals surface area (Å²) in [6, 6.07) is 7.38. The summed E-state index contributed by atoms with van der Waals surface area (Å²) in [6.45, 7) is 5.25. The first kappa shape index (κ1) is 14.5. The van der Waals surface area contributed by atoms with Gasteiger partial charge in [0.1, 0.15) is 5.75 Å². The normalized spacial score (nSPS) is 11.9. The largest absolute Gasteiger partial charge is 0.494 e. The molecule has 0 fully saturated rings. The number of benzene rings is 1. The summed E-state index contributed by atoms with van der Waals surface area (Å²) in [5.41, 5.74) is 6.31. The van der Waals surface area contributed by atoms with Crippen molar-refractivity contribution in [1.82, 2.24) is 0 Å². The van der Waals surface area contributed by atoms with Gasteiger partial charge in [0.25, 0.3) is 0 Å². The van der Waals surface area contributed by atoms with E-state index in [2.05, 4.69) is 5.32 Å². The number of ether oxygens (including phenoxy) is 1. The third-order valence-electron chi connectivity index (χ3n) is 2.72. The van der Waals surface area contributed by atoms with Crippen molar-refractivity contribution in [2.75, 3.05) is 18.5 Å². The van der Waals surface area contributed by atoms with Crippen LogP contribution in [0, 0.1) is 5.92 Å². The van der Waals surface area contributed by atoms with Crippen LogP contribution in [0.3, 0.4) is 0 Å². The number of nitrogens with two attached hydrogens (primary N) is 1. The molecule has 1 unspecified atom stereocenters. The second kappa shape index (κ2) is 7.71. The van der Waals surface area contributed by atoms with E-state index in [1.807, 2.05) is 38.1 Å². The minimum Gasteiger partial charge on any atom is -0.494 e. The molecule has 1 aromatic carbocycles. The van der Waals surface area contributed by atoms with E-state index < -0.39 is 0 Å².